The zero-order chi connectivity index (χ0) is 16.1. The van der Waals surface area contributed by atoms with E-state index in [1.165, 1.54) is 22.1 Å². The maximum atomic E-state index is 5.12. The molecule has 7 heteroatoms. The molecular weight excluding hydrogens is 322 g/mol. The second-order valence-corrected chi connectivity index (χ2v) is 6.47. The summed E-state index contributed by atoms with van der Waals surface area (Å²) in [5.74, 6) is 1.32. The smallest absolute Gasteiger partial charge is 0.235 e. The van der Waals surface area contributed by atoms with E-state index in [0.29, 0.717) is 11.5 Å². The Morgan fingerprint density at radius 2 is 1.88 bits per heavy atom. The van der Waals surface area contributed by atoms with Gasteiger partial charge in [-0.25, -0.2) is 0 Å². The normalized spacial score (nSPS) is 11.5. The van der Waals surface area contributed by atoms with Gasteiger partial charge >= 0.3 is 0 Å². The van der Waals surface area contributed by atoms with E-state index < -0.39 is 0 Å². The van der Waals surface area contributed by atoms with Crippen LogP contribution >= 0.6 is 11.3 Å². The number of rotatable bonds is 2. The van der Waals surface area contributed by atoms with Crippen molar-refractivity contribution in [1.82, 2.24) is 25.0 Å². The molecule has 0 unspecified atom stereocenters. The summed E-state index contributed by atoms with van der Waals surface area (Å²) in [7, 11) is 0. The number of hydrogen-bond donors (Lipinski definition) is 0. The first-order valence-corrected chi connectivity index (χ1v) is 8.25. The van der Waals surface area contributed by atoms with Crippen LogP contribution in [-0.2, 0) is 0 Å². The molecule has 0 atom stereocenters. The third kappa shape index (κ3) is 2.02. The monoisotopic (exact) mass is 333 g/mol. The second kappa shape index (κ2) is 4.97. The molecule has 116 valence electrons. The Morgan fingerprint density at radius 1 is 1.00 bits per heavy atom. The molecule has 24 heavy (non-hydrogen) atoms. The molecule has 0 aliphatic carbocycles. The van der Waals surface area contributed by atoms with Gasteiger partial charge < -0.3 is 4.52 Å². The Bertz CT molecular complexity index is 1190. The van der Waals surface area contributed by atoms with Crippen LogP contribution in [0.5, 0.6) is 0 Å². The van der Waals surface area contributed by atoms with Gasteiger partial charge in [0.2, 0.25) is 10.8 Å². The molecule has 0 spiro atoms. The number of fused-ring (bicyclic) bond motifs is 2. The van der Waals surface area contributed by atoms with Crippen molar-refractivity contribution in [2.75, 3.05) is 0 Å². The van der Waals surface area contributed by atoms with Crippen LogP contribution in [0.3, 0.4) is 0 Å². The molecular formula is C17H11N5OS. The fraction of sp³-hybridized carbons (Fsp3) is 0.0588. The van der Waals surface area contributed by atoms with Crippen molar-refractivity contribution >= 4 is 27.1 Å². The largest absolute Gasteiger partial charge is 0.361 e. The summed E-state index contributed by atoms with van der Waals surface area (Å²) in [6.07, 6.45) is 0. The molecule has 3 aromatic heterocycles. The Balaban J connectivity index is 1.65. The fourth-order valence-corrected chi connectivity index (χ4v) is 3.52. The molecule has 0 bridgehead atoms. The van der Waals surface area contributed by atoms with Gasteiger partial charge in [-0.3, -0.25) is 0 Å². The highest BCUT2D eigenvalue weighted by Gasteiger charge is 2.17. The van der Waals surface area contributed by atoms with Crippen LogP contribution in [0.4, 0.5) is 0 Å². The van der Waals surface area contributed by atoms with Crippen LogP contribution in [-0.4, -0.2) is 25.0 Å². The van der Waals surface area contributed by atoms with Gasteiger partial charge in [0.05, 0.1) is 0 Å². The van der Waals surface area contributed by atoms with E-state index in [2.05, 4.69) is 50.8 Å². The van der Waals surface area contributed by atoms with E-state index in [-0.39, 0.29) is 0 Å². The van der Waals surface area contributed by atoms with Gasteiger partial charge in [-0.2, -0.15) is 9.61 Å². The molecule has 0 aliphatic rings. The van der Waals surface area contributed by atoms with Crippen molar-refractivity contribution in [3.05, 3.63) is 54.3 Å². The van der Waals surface area contributed by atoms with Crippen molar-refractivity contribution in [3.8, 4) is 22.1 Å². The summed E-state index contributed by atoms with van der Waals surface area (Å²) >= 11 is 1.50. The van der Waals surface area contributed by atoms with Gasteiger partial charge in [0.1, 0.15) is 10.8 Å². The van der Waals surface area contributed by atoms with Crippen LogP contribution in [0.15, 0.2) is 53.1 Å². The molecule has 0 fully saturated rings. The molecule has 0 saturated carbocycles. The lowest BCUT2D eigenvalue weighted by Gasteiger charge is -2.00. The number of hydrogen-bond acceptors (Lipinski definition) is 6. The van der Waals surface area contributed by atoms with Crippen LogP contribution in [0.1, 0.15) is 5.76 Å². The third-order valence-corrected chi connectivity index (χ3v) is 4.79. The highest BCUT2D eigenvalue weighted by molar-refractivity contribution is 7.19. The molecule has 2 aromatic carbocycles. The molecule has 3 heterocycles. The van der Waals surface area contributed by atoms with Crippen molar-refractivity contribution < 1.29 is 4.52 Å². The van der Waals surface area contributed by atoms with Crippen molar-refractivity contribution in [1.29, 1.82) is 0 Å². The van der Waals surface area contributed by atoms with E-state index in [1.54, 1.807) is 4.52 Å². The molecule has 0 saturated heterocycles. The first-order valence-electron chi connectivity index (χ1n) is 7.43. The van der Waals surface area contributed by atoms with Gasteiger partial charge in [-0.1, -0.05) is 52.9 Å². The first kappa shape index (κ1) is 13.4. The number of nitrogens with zero attached hydrogens (tertiary/aromatic N) is 5. The minimum atomic E-state index is 0.588. The minimum Gasteiger partial charge on any atom is -0.361 e. The summed E-state index contributed by atoms with van der Waals surface area (Å²) in [5, 5.41) is 20.3. The topological polar surface area (TPSA) is 69.1 Å². The van der Waals surface area contributed by atoms with E-state index in [4.69, 9.17) is 4.52 Å². The van der Waals surface area contributed by atoms with E-state index in [0.717, 1.165) is 21.3 Å². The zero-order valence-electron chi connectivity index (χ0n) is 12.7. The van der Waals surface area contributed by atoms with Crippen LogP contribution in [0, 0.1) is 6.92 Å². The van der Waals surface area contributed by atoms with Crippen LogP contribution < -0.4 is 0 Å². The van der Waals surface area contributed by atoms with E-state index in [9.17, 15) is 0 Å². The molecule has 5 aromatic rings. The zero-order valence-corrected chi connectivity index (χ0v) is 13.5. The number of aromatic nitrogens is 5. The molecule has 0 aliphatic heterocycles. The van der Waals surface area contributed by atoms with Gasteiger partial charge in [0.25, 0.3) is 0 Å². The summed E-state index contributed by atoms with van der Waals surface area (Å²) < 4.78 is 6.84. The Labute approximate surface area is 140 Å². The average Bonchev–Trinajstić information content (AvgIpc) is 3.29. The predicted octanol–water partition coefficient (Wildman–Crippen LogP) is 3.97. The minimum absolute atomic E-state index is 0.588. The van der Waals surface area contributed by atoms with Crippen LogP contribution in [0.2, 0.25) is 0 Å². The van der Waals surface area contributed by atoms with Gasteiger partial charge in [-0.15, -0.1) is 10.2 Å². The van der Waals surface area contributed by atoms with Gasteiger partial charge in [0, 0.05) is 11.6 Å². The van der Waals surface area contributed by atoms with Crippen LogP contribution in [0.25, 0.3) is 37.8 Å². The highest BCUT2D eigenvalue weighted by Crippen LogP contribution is 2.29. The maximum Gasteiger partial charge on any atom is 0.235 e. The molecule has 0 N–H and O–H groups in total. The summed E-state index contributed by atoms with van der Waals surface area (Å²) in [6.45, 7) is 1.84. The Hall–Kier alpha value is -3.06. The highest BCUT2D eigenvalue weighted by atomic mass is 32.1. The first-order chi connectivity index (χ1) is 11.8. The van der Waals surface area contributed by atoms with Crippen molar-refractivity contribution in [2.45, 2.75) is 6.92 Å². The molecule has 0 radical (unpaired) electrons. The summed E-state index contributed by atoms with van der Waals surface area (Å²) in [6, 6.07) is 16.4. The molecule has 6 nitrogen and oxygen atoms in total. The average molecular weight is 333 g/mol. The lowest BCUT2D eigenvalue weighted by atomic mass is 10.1. The number of benzene rings is 2. The van der Waals surface area contributed by atoms with Crippen molar-refractivity contribution in [2.24, 2.45) is 0 Å². The second-order valence-electron chi connectivity index (χ2n) is 5.51. The van der Waals surface area contributed by atoms with Crippen molar-refractivity contribution in [3.63, 3.8) is 0 Å². The molecule has 5 rings (SSSR count). The lowest BCUT2D eigenvalue weighted by molar-refractivity contribution is 0.399. The SMILES string of the molecule is Cc1cc(-c2nnc3sc(-c4ccc5ccccc5c4)nn23)no1. The Kier molecular flexibility index (Phi) is 2.77. The standard InChI is InChI=1S/C17H11N5OS/c1-10-8-14(21-23-10)15-18-19-17-22(15)20-16(24-17)13-7-6-11-4-2-3-5-12(11)9-13/h2-9H,1H3. The lowest BCUT2D eigenvalue weighted by Crippen LogP contribution is -1.91. The quantitative estimate of drug-likeness (QED) is 0.489. The fourth-order valence-electron chi connectivity index (χ4n) is 2.69. The van der Waals surface area contributed by atoms with E-state index >= 15 is 0 Å². The summed E-state index contributed by atoms with van der Waals surface area (Å²) in [5.41, 5.74) is 1.70. The van der Waals surface area contributed by atoms with E-state index in [1.807, 2.05) is 25.1 Å². The maximum absolute atomic E-state index is 5.12. The Morgan fingerprint density at radius 3 is 2.71 bits per heavy atom. The van der Waals surface area contributed by atoms with Gasteiger partial charge in [0.15, 0.2) is 5.69 Å². The predicted molar refractivity (Wildman–Crippen MR) is 91.8 cm³/mol. The third-order valence-electron chi connectivity index (χ3n) is 3.84. The summed E-state index contributed by atoms with van der Waals surface area (Å²) in [4.78, 5) is 0.730. The number of aryl methyl sites for hydroxylation is 1. The molecule has 0 amide bonds. The van der Waals surface area contributed by atoms with Gasteiger partial charge in [-0.05, 0) is 23.8 Å².